The number of fused-ring (bicyclic) bond motifs is 1. The van der Waals surface area contributed by atoms with Gasteiger partial charge in [-0.05, 0) is 31.2 Å². The van der Waals surface area contributed by atoms with Crippen LogP contribution in [0, 0.1) is 5.82 Å². The van der Waals surface area contributed by atoms with Crippen molar-refractivity contribution in [3.8, 4) is 28.6 Å². The number of benzene rings is 2. The summed E-state index contributed by atoms with van der Waals surface area (Å²) in [5, 5.41) is 20.1. The van der Waals surface area contributed by atoms with Crippen LogP contribution in [0.2, 0.25) is 0 Å². The third-order valence-electron chi connectivity index (χ3n) is 5.94. The highest BCUT2D eigenvalue weighted by atomic mass is 19.1. The van der Waals surface area contributed by atoms with Crippen LogP contribution in [0.1, 0.15) is 6.92 Å². The van der Waals surface area contributed by atoms with Crippen LogP contribution in [0.25, 0.3) is 22.4 Å². The average Bonchev–Trinajstić information content (AvgIpc) is 3.15. The molecule has 0 saturated carbocycles. The minimum Gasteiger partial charge on any atom is -0.502 e. The molecule has 0 atom stereocenters. The first-order valence-corrected chi connectivity index (χ1v) is 10.1. The second-order valence-corrected chi connectivity index (χ2v) is 8.17. The zero-order chi connectivity index (χ0) is 22.6. The standard InChI is InChI=1S/C22H22FN3O6/c1-22(10-32-11-22)26-15-7-12(25-5-6-31-9-17(25)27)3-4-14(15)24-21(26)13-8-16(30-2)19(28)20(29)18(13)23/h3-4,7-8,28-29H,5-6,9-11H2,1-2H3. The Kier molecular flexibility index (Phi) is 4.72. The number of aromatic nitrogens is 2. The molecular formula is C22H22FN3O6. The highest BCUT2D eigenvalue weighted by Gasteiger charge is 2.40. The molecule has 0 aliphatic carbocycles. The molecule has 2 N–H and O–H groups in total. The summed E-state index contributed by atoms with van der Waals surface area (Å²) in [7, 11) is 1.31. The van der Waals surface area contributed by atoms with Crippen molar-refractivity contribution in [3.05, 3.63) is 30.1 Å². The van der Waals surface area contributed by atoms with Crippen LogP contribution in [0.3, 0.4) is 0 Å². The van der Waals surface area contributed by atoms with E-state index in [1.54, 1.807) is 17.0 Å². The first-order valence-electron chi connectivity index (χ1n) is 10.1. The van der Waals surface area contributed by atoms with E-state index in [-0.39, 0.29) is 29.7 Å². The van der Waals surface area contributed by atoms with Crippen molar-refractivity contribution >= 4 is 22.6 Å². The van der Waals surface area contributed by atoms with Crippen molar-refractivity contribution in [2.24, 2.45) is 0 Å². The molecule has 1 aromatic heterocycles. The van der Waals surface area contributed by atoms with E-state index < -0.39 is 22.9 Å². The first-order chi connectivity index (χ1) is 15.3. The van der Waals surface area contributed by atoms with Crippen LogP contribution in [0.4, 0.5) is 10.1 Å². The summed E-state index contributed by atoms with van der Waals surface area (Å²) in [5.41, 5.74) is 1.42. The number of hydrogen-bond acceptors (Lipinski definition) is 7. The van der Waals surface area contributed by atoms with Crippen LogP contribution in [-0.4, -0.2) is 65.8 Å². The fraction of sp³-hybridized carbons (Fsp3) is 0.364. The number of morpholine rings is 1. The molecule has 0 radical (unpaired) electrons. The number of carbonyl (C=O) groups is 1. The number of imidazole rings is 1. The van der Waals surface area contributed by atoms with E-state index in [9.17, 15) is 15.0 Å². The molecule has 5 rings (SSSR count). The lowest BCUT2D eigenvalue weighted by Gasteiger charge is -2.41. The summed E-state index contributed by atoms with van der Waals surface area (Å²) in [6.07, 6.45) is 0. The van der Waals surface area contributed by atoms with Crippen molar-refractivity contribution in [2.45, 2.75) is 12.5 Å². The molecule has 168 valence electrons. The molecule has 2 aliphatic heterocycles. The molecule has 32 heavy (non-hydrogen) atoms. The van der Waals surface area contributed by atoms with Crippen molar-refractivity contribution in [3.63, 3.8) is 0 Å². The quantitative estimate of drug-likeness (QED) is 0.597. The number of carbonyl (C=O) groups excluding carboxylic acids is 1. The van der Waals surface area contributed by atoms with E-state index in [1.807, 2.05) is 17.6 Å². The maximum Gasteiger partial charge on any atom is 0.253 e. The summed E-state index contributed by atoms with van der Waals surface area (Å²) >= 11 is 0. The molecule has 3 heterocycles. The number of methoxy groups -OCH3 is 1. The minimum absolute atomic E-state index is 0.0197. The summed E-state index contributed by atoms with van der Waals surface area (Å²) in [5.74, 6) is -2.56. The Balaban J connectivity index is 1.75. The predicted octanol–water partition coefficient (Wildman–Crippen LogP) is 2.37. The van der Waals surface area contributed by atoms with E-state index in [0.717, 1.165) is 0 Å². The topological polar surface area (TPSA) is 106 Å². The SMILES string of the molecule is COc1cc(-c2nc3ccc(N4CCOCC4=O)cc3n2C2(C)COC2)c(F)c(O)c1O. The molecule has 2 fully saturated rings. The summed E-state index contributed by atoms with van der Waals surface area (Å²) in [4.78, 5) is 18.6. The number of anilines is 1. The van der Waals surface area contributed by atoms with Crippen molar-refractivity contribution in [2.75, 3.05) is 45.0 Å². The third kappa shape index (κ3) is 2.98. The summed E-state index contributed by atoms with van der Waals surface area (Å²) < 4.78 is 32.7. The minimum atomic E-state index is -1.01. The number of phenolic OH excluding ortho intramolecular Hbond substituents is 2. The summed E-state index contributed by atoms with van der Waals surface area (Å²) in [6, 6.07) is 6.70. The van der Waals surface area contributed by atoms with E-state index in [2.05, 4.69) is 4.98 Å². The Morgan fingerprint density at radius 1 is 1.19 bits per heavy atom. The molecule has 3 aromatic rings. The summed E-state index contributed by atoms with van der Waals surface area (Å²) in [6.45, 7) is 3.62. The monoisotopic (exact) mass is 443 g/mol. The smallest absolute Gasteiger partial charge is 0.253 e. The van der Waals surface area contributed by atoms with Gasteiger partial charge in [-0.3, -0.25) is 4.79 Å². The molecular weight excluding hydrogens is 421 g/mol. The van der Waals surface area contributed by atoms with Gasteiger partial charge in [0.15, 0.2) is 17.3 Å². The average molecular weight is 443 g/mol. The number of amides is 1. The van der Waals surface area contributed by atoms with Gasteiger partial charge in [-0.2, -0.15) is 0 Å². The van der Waals surface area contributed by atoms with Crippen LogP contribution >= 0.6 is 0 Å². The van der Waals surface area contributed by atoms with E-state index >= 15 is 4.39 Å². The molecule has 10 heteroatoms. The van der Waals surface area contributed by atoms with Crippen molar-refractivity contribution in [1.29, 1.82) is 0 Å². The number of rotatable bonds is 4. The Labute approximate surface area is 182 Å². The normalized spacial score (nSPS) is 18.1. The van der Waals surface area contributed by atoms with Crippen LogP contribution in [-0.2, 0) is 19.8 Å². The number of aromatic hydroxyl groups is 2. The van der Waals surface area contributed by atoms with Gasteiger partial charge in [-0.1, -0.05) is 0 Å². The number of ether oxygens (including phenoxy) is 3. The lowest BCUT2D eigenvalue weighted by atomic mass is 9.98. The molecule has 0 bridgehead atoms. The van der Waals surface area contributed by atoms with Crippen molar-refractivity contribution in [1.82, 2.24) is 9.55 Å². The predicted molar refractivity (Wildman–Crippen MR) is 113 cm³/mol. The number of hydrogen-bond donors (Lipinski definition) is 2. The second kappa shape index (κ2) is 7.35. The van der Waals surface area contributed by atoms with Gasteiger partial charge in [0, 0.05) is 12.2 Å². The third-order valence-corrected chi connectivity index (χ3v) is 5.94. The molecule has 2 aliphatic rings. The molecule has 1 amide bonds. The van der Waals surface area contributed by atoms with Crippen LogP contribution < -0.4 is 9.64 Å². The molecule has 2 aromatic carbocycles. The zero-order valence-electron chi connectivity index (χ0n) is 17.6. The Bertz CT molecular complexity index is 1240. The van der Waals surface area contributed by atoms with Gasteiger partial charge in [0.25, 0.3) is 5.91 Å². The maximum atomic E-state index is 15.1. The van der Waals surface area contributed by atoms with Crippen LogP contribution in [0.5, 0.6) is 17.2 Å². The van der Waals surface area contributed by atoms with E-state index in [1.165, 1.54) is 13.2 Å². The second-order valence-electron chi connectivity index (χ2n) is 8.17. The first kappa shape index (κ1) is 20.5. The van der Waals surface area contributed by atoms with Gasteiger partial charge in [0.2, 0.25) is 5.75 Å². The molecule has 2 saturated heterocycles. The number of phenols is 2. The van der Waals surface area contributed by atoms with Crippen LogP contribution in [0.15, 0.2) is 24.3 Å². The molecule has 9 nitrogen and oxygen atoms in total. The highest BCUT2D eigenvalue weighted by Crippen LogP contribution is 2.45. The fourth-order valence-electron chi connectivity index (χ4n) is 4.21. The fourth-order valence-corrected chi connectivity index (χ4v) is 4.21. The number of halogens is 1. The Hall–Kier alpha value is -3.37. The zero-order valence-corrected chi connectivity index (χ0v) is 17.6. The Morgan fingerprint density at radius 3 is 2.62 bits per heavy atom. The van der Waals surface area contributed by atoms with Gasteiger partial charge in [0.1, 0.15) is 12.4 Å². The highest BCUT2D eigenvalue weighted by molar-refractivity contribution is 5.97. The lowest BCUT2D eigenvalue weighted by molar-refractivity contribution is -0.125. The van der Waals surface area contributed by atoms with Gasteiger partial charge in [0.05, 0.1) is 49.1 Å². The van der Waals surface area contributed by atoms with Gasteiger partial charge < -0.3 is 33.9 Å². The lowest BCUT2D eigenvalue weighted by Crippen LogP contribution is -2.49. The van der Waals surface area contributed by atoms with Gasteiger partial charge in [-0.15, -0.1) is 0 Å². The largest absolute Gasteiger partial charge is 0.502 e. The molecule has 0 unspecified atom stereocenters. The van der Waals surface area contributed by atoms with E-state index in [0.29, 0.717) is 43.1 Å². The Morgan fingerprint density at radius 2 is 1.97 bits per heavy atom. The van der Waals surface area contributed by atoms with Crippen molar-refractivity contribution < 1.29 is 33.6 Å². The number of nitrogens with zero attached hydrogens (tertiary/aromatic N) is 3. The maximum absolute atomic E-state index is 15.1. The van der Waals surface area contributed by atoms with E-state index in [4.69, 9.17) is 14.2 Å². The van der Waals surface area contributed by atoms with Gasteiger partial charge in [-0.25, -0.2) is 9.37 Å². The molecule has 0 spiro atoms. The van der Waals surface area contributed by atoms with Gasteiger partial charge >= 0.3 is 0 Å².